The molecule has 0 atom stereocenters. The van der Waals surface area contributed by atoms with Gasteiger partial charge in [0.1, 0.15) is 11.5 Å². The molecule has 0 fully saturated rings. The van der Waals surface area contributed by atoms with Gasteiger partial charge < -0.3 is 10.3 Å². The number of para-hydroxylation sites is 1. The van der Waals surface area contributed by atoms with Crippen LogP contribution in [0.5, 0.6) is 0 Å². The maximum absolute atomic E-state index is 16.3. The van der Waals surface area contributed by atoms with E-state index in [2.05, 4.69) is 78.5 Å². The number of rotatable bonds is 6. The Morgan fingerprint density at radius 1 is 1.13 bits per heavy atom. The van der Waals surface area contributed by atoms with E-state index in [1.807, 2.05) is 31.2 Å². The number of fused-ring (bicyclic) bond motifs is 1. The minimum atomic E-state index is -0.505. The average molecular weight is 539 g/mol. The van der Waals surface area contributed by atoms with Gasteiger partial charge in [-0.25, -0.2) is 9.37 Å². The van der Waals surface area contributed by atoms with Gasteiger partial charge in [0.15, 0.2) is 5.82 Å². The number of allylic oxidation sites excluding steroid dienone is 2. The summed E-state index contributed by atoms with van der Waals surface area (Å²) in [5.41, 5.74) is 5.22. The Kier molecular flexibility index (Phi) is 6.82. The monoisotopic (exact) mass is 538 g/mol. The zero-order valence-electron chi connectivity index (χ0n) is 22.7. The van der Waals surface area contributed by atoms with Gasteiger partial charge in [0.05, 0.1) is 33.5 Å². The second-order valence-electron chi connectivity index (χ2n) is 10.5. The number of hydrogen-bond donors (Lipinski definition) is 3. The summed E-state index contributed by atoms with van der Waals surface area (Å²) in [7, 11) is 0. The van der Waals surface area contributed by atoms with Gasteiger partial charge in [-0.1, -0.05) is 52.1 Å². The molecule has 5 rings (SSSR count). The van der Waals surface area contributed by atoms with E-state index in [9.17, 15) is 0 Å². The van der Waals surface area contributed by atoms with Crippen LogP contribution in [0.15, 0.2) is 67.6 Å². The van der Waals surface area contributed by atoms with Crippen LogP contribution in [0, 0.1) is 12.3 Å². The molecule has 0 amide bonds. The lowest BCUT2D eigenvalue weighted by atomic mass is 9.93. The second kappa shape index (κ2) is 10.1. The highest BCUT2D eigenvalue weighted by molar-refractivity contribution is 7.15. The number of thiophene rings is 1. The van der Waals surface area contributed by atoms with Gasteiger partial charge in [0, 0.05) is 43.8 Å². The molecule has 0 unspecified atom stereocenters. The van der Waals surface area contributed by atoms with Crippen LogP contribution in [0.1, 0.15) is 38.1 Å². The first-order valence-electron chi connectivity index (χ1n) is 12.6. The van der Waals surface area contributed by atoms with Gasteiger partial charge in [-0.05, 0) is 38.1 Å². The SMILES string of the molecule is C=C(/C(F)=c1/c(-c2nc3c(-c4ccc(C)s4)cccc3[nH]2)n[nH]/c1=C/C)c1cncc(NC(=C)C(C)(C)C)c1. The fourth-order valence-electron chi connectivity index (χ4n) is 4.19. The Bertz CT molecular complexity index is 1850. The summed E-state index contributed by atoms with van der Waals surface area (Å²) in [4.78, 5) is 14.9. The Balaban J connectivity index is 1.60. The van der Waals surface area contributed by atoms with Crippen molar-refractivity contribution in [2.24, 2.45) is 5.41 Å². The largest absolute Gasteiger partial charge is 0.358 e. The van der Waals surface area contributed by atoms with E-state index >= 15 is 4.39 Å². The van der Waals surface area contributed by atoms with Gasteiger partial charge in [-0.15, -0.1) is 11.3 Å². The first kappa shape index (κ1) is 26.3. The Labute approximate surface area is 230 Å². The quantitative estimate of drug-likeness (QED) is 0.219. The Morgan fingerprint density at radius 3 is 2.62 bits per heavy atom. The van der Waals surface area contributed by atoms with Crippen molar-refractivity contribution in [2.45, 2.75) is 34.6 Å². The smallest absolute Gasteiger partial charge is 0.159 e. The number of benzene rings is 1. The maximum atomic E-state index is 16.3. The van der Waals surface area contributed by atoms with Crippen LogP contribution in [0.2, 0.25) is 0 Å². The number of aryl methyl sites for hydroxylation is 1. The third kappa shape index (κ3) is 5.07. The van der Waals surface area contributed by atoms with Crippen molar-refractivity contribution in [3.05, 3.63) is 88.7 Å². The van der Waals surface area contributed by atoms with Crippen LogP contribution in [0.25, 0.3) is 50.5 Å². The molecular formula is C31H31FN6S. The number of nitrogens with zero attached hydrogens (tertiary/aromatic N) is 3. The Hall–Kier alpha value is -4.30. The molecular weight excluding hydrogens is 507 g/mol. The predicted molar refractivity (Wildman–Crippen MR) is 161 cm³/mol. The van der Waals surface area contributed by atoms with E-state index in [1.54, 1.807) is 29.8 Å². The van der Waals surface area contributed by atoms with Crippen molar-refractivity contribution in [1.82, 2.24) is 25.1 Å². The summed E-state index contributed by atoms with van der Waals surface area (Å²) in [6, 6.07) is 12.0. The molecule has 0 bridgehead atoms. The number of pyridine rings is 1. The standard InChI is InChI=1S/C31H31FN6S/c1-8-23-26(27(32)18(3)20-14-21(16-33-15-20)34-19(4)31(5,6)7)29(38-37-23)30-35-24-11-9-10-22(28(24)36-30)25-13-12-17(2)39-25/h8-16,34,37H,3-4H2,1-2,5-7H3,(H,35,36)/b23-8+,27-26-. The Morgan fingerprint density at radius 2 is 1.92 bits per heavy atom. The molecule has 0 spiro atoms. The molecule has 39 heavy (non-hydrogen) atoms. The summed E-state index contributed by atoms with van der Waals surface area (Å²) in [6.07, 6.45) is 5.06. The van der Waals surface area contributed by atoms with Gasteiger partial charge in [0.2, 0.25) is 0 Å². The van der Waals surface area contributed by atoms with Gasteiger partial charge in [-0.3, -0.25) is 10.1 Å². The topological polar surface area (TPSA) is 82.3 Å². The summed E-state index contributed by atoms with van der Waals surface area (Å²) >= 11 is 1.71. The summed E-state index contributed by atoms with van der Waals surface area (Å²) in [5.74, 6) is -0.0296. The van der Waals surface area contributed by atoms with Crippen LogP contribution in [-0.2, 0) is 0 Å². The highest BCUT2D eigenvalue weighted by Gasteiger charge is 2.19. The molecule has 198 valence electrons. The fraction of sp³-hybridized carbons (Fsp3) is 0.194. The van der Waals surface area contributed by atoms with Gasteiger partial charge in [0.25, 0.3) is 0 Å². The summed E-state index contributed by atoms with van der Waals surface area (Å²) in [6.45, 7) is 18.3. The highest BCUT2D eigenvalue weighted by atomic mass is 32.1. The number of hydrogen-bond acceptors (Lipinski definition) is 5. The molecule has 4 aromatic heterocycles. The third-order valence-electron chi connectivity index (χ3n) is 6.60. The molecule has 3 N–H and O–H groups in total. The fourth-order valence-corrected chi connectivity index (χ4v) is 5.09. The third-order valence-corrected chi connectivity index (χ3v) is 7.63. The molecule has 0 saturated heterocycles. The molecule has 0 aliphatic rings. The van der Waals surface area contributed by atoms with Crippen molar-refractivity contribution in [2.75, 3.05) is 5.32 Å². The van der Waals surface area contributed by atoms with Crippen molar-refractivity contribution >= 4 is 45.5 Å². The minimum Gasteiger partial charge on any atom is -0.358 e. The summed E-state index contributed by atoms with van der Waals surface area (Å²) in [5, 5.41) is 11.5. The van der Waals surface area contributed by atoms with Crippen molar-refractivity contribution < 1.29 is 4.39 Å². The van der Waals surface area contributed by atoms with Crippen LogP contribution in [0.4, 0.5) is 10.1 Å². The first-order chi connectivity index (χ1) is 18.6. The van der Waals surface area contributed by atoms with Crippen molar-refractivity contribution in [3.63, 3.8) is 0 Å². The second-order valence-corrected chi connectivity index (χ2v) is 11.7. The van der Waals surface area contributed by atoms with E-state index in [-0.39, 0.29) is 11.0 Å². The number of halogens is 1. The average Bonchev–Trinajstić information content (AvgIpc) is 3.64. The molecule has 0 aliphatic carbocycles. The van der Waals surface area contributed by atoms with E-state index in [4.69, 9.17) is 4.98 Å². The van der Waals surface area contributed by atoms with Gasteiger partial charge >= 0.3 is 0 Å². The molecule has 5 aromatic rings. The first-order valence-corrected chi connectivity index (χ1v) is 13.5. The predicted octanol–water partition coefficient (Wildman–Crippen LogP) is 6.95. The molecule has 0 aliphatic heterocycles. The number of nitrogens with one attached hydrogen (secondary N) is 3. The van der Waals surface area contributed by atoms with Crippen molar-refractivity contribution in [3.8, 4) is 22.0 Å². The lowest BCUT2D eigenvalue weighted by Gasteiger charge is -2.23. The molecule has 8 heteroatoms. The zero-order chi connectivity index (χ0) is 27.9. The molecule has 0 saturated carbocycles. The normalized spacial score (nSPS) is 13.1. The number of aromatic nitrogens is 5. The minimum absolute atomic E-state index is 0.142. The van der Waals surface area contributed by atoms with Crippen LogP contribution >= 0.6 is 11.3 Å². The van der Waals surface area contributed by atoms with Crippen molar-refractivity contribution in [1.29, 1.82) is 0 Å². The van der Waals surface area contributed by atoms with Crippen LogP contribution in [0.3, 0.4) is 0 Å². The number of H-pyrrole nitrogens is 2. The highest BCUT2D eigenvalue weighted by Crippen LogP contribution is 2.33. The molecule has 6 nitrogen and oxygen atoms in total. The molecule has 1 aromatic carbocycles. The molecule has 4 heterocycles. The summed E-state index contributed by atoms with van der Waals surface area (Å²) < 4.78 is 16.3. The van der Waals surface area contributed by atoms with E-state index in [1.165, 1.54) is 4.88 Å². The lowest BCUT2D eigenvalue weighted by molar-refractivity contribution is 0.509. The van der Waals surface area contributed by atoms with E-state index in [0.29, 0.717) is 33.3 Å². The lowest BCUT2D eigenvalue weighted by Crippen LogP contribution is -2.26. The zero-order valence-corrected chi connectivity index (χ0v) is 23.6. The maximum Gasteiger partial charge on any atom is 0.159 e. The van der Waals surface area contributed by atoms with Crippen LogP contribution < -0.4 is 15.9 Å². The number of aromatic amines is 2. The van der Waals surface area contributed by atoms with Crippen LogP contribution in [-0.4, -0.2) is 25.1 Å². The number of imidazole rings is 1. The molecule has 0 radical (unpaired) electrons. The van der Waals surface area contributed by atoms with E-state index in [0.717, 1.165) is 27.2 Å². The van der Waals surface area contributed by atoms with E-state index < -0.39 is 5.83 Å². The van der Waals surface area contributed by atoms with Gasteiger partial charge in [-0.2, -0.15) is 5.10 Å². The number of anilines is 1.